The van der Waals surface area contributed by atoms with Gasteiger partial charge in [0, 0.05) is 56.1 Å². The van der Waals surface area contributed by atoms with Crippen LogP contribution >= 0.6 is 11.8 Å². The quantitative estimate of drug-likeness (QED) is 0.467. The molecule has 3 aromatic rings. The van der Waals surface area contributed by atoms with E-state index in [0.29, 0.717) is 12.2 Å². The third-order valence-electron chi connectivity index (χ3n) is 7.00. The van der Waals surface area contributed by atoms with Gasteiger partial charge in [0.25, 0.3) is 0 Å². The number of fused-ring (bicyclic) bond motifs is 2. The van der Waals surface area contributed by atoms with Crippen LogP contribution in [-0.4, -0.2) is 66.5 Å². The van der Waals surface area contributed by atoms with E-state index in [-0.39, 0.29) is 5.25 Å². The molecule has 2 heterocycles. The molecule has 0 radical (unpaired) electrons. The molecule has 0 spiro atoms. The number of thioether (sulfide) groups is 1. The number of para-hydroxylation sites is 1. The summed E-state index contributed by atoms with van der Waals surface area (Å²) < 4.78 is 11.6. The average Bonchev–Trinajstić information content (AvgIpc) is 3.06. The molecule has 2 aliphatic rings. The second kappa shape index (κ2) is 11.4. The van der Waals surface area contributed by atoms with Crippen molar-refractivity contribution in [1.29, 1.82) is 0 Å². The zero-order chi connectivity index (χ0) is 24.9. The van der Waals surface area contributed by atoms with Crippen LogP contribution in [0.2, 0.25) is 0 Å². The number of carboxylic acid groups (broad SMARTS) is 1. The molecule has 1 saturated heterocycles. The fourth-order valence-corrected chi connectivity index (χ4v) is 6.36. The lowest BCUT2D eigenvalue weighted by Crippen LogP contribution is -2.46. The van der Waals surface area contributed by atoms with Gasteiger partial charge >= 0.3 is 5.97 Å². The number of rotatable bonds is 8. The molecule has 1 N–H and O–H groups in total. The molecule has 7 heteroatoms. The Morgan fingerprint density at radius 2 is 1.75 bits per heavy atom. The molecule has 188 valence electrons. The van der Waals surface area contributed by atoms with E-state index in [2.05, 4.69) is 40.1 Å². The van der Waals surface area contributed by atoms with Crippen molar-refractivity contribution in [3.63, 3.8) is 0 Å². The number of aromatic carboxylic acids is 1. The van der Waals surface area contributed by atoms with Crippen molar-refractivity contribution < 1.29 is 19.4 Å². The molecular weight excluding hydrogens is 472 g/mol. The molecule has 3 aromatic carbocycles. The second-order valence-corrected chi connectivity index (χ2v) is 10.4. The summed E-state index contributed by atoms with van der Waals surface area (Å²) in [5, 5.41) is 9.61. The summed E-state index contributed by atoms with van der Waals surface area (Å²) in [6, 6.07) is 21.8. The Kier molecular flexibility index (Phi) is 7.80. The number of hydrogen-bond donors (Lipinski definition) is 1. The van der Waals surface area contributed by atoms with Crippen LogP contribution in [0, 0.1) is 0 Å². The van der Waals surface area contributed by atoms with Crippen molar-refractivity contribution in [3.8, 4) is 11.5 Å². The lowest BCUT2D eigenvalue weighted by atomic mass is 9.98. The first kappa shape index (κ1) is 24.7. The van der Waals surface area contributed by atoms with Crippen LogP contribution < -0.4 is 9.47 Å². The summed E-state index contributed by atoms with van der Waals surface area (Å²) >= 11 is 1.87. The number of carbonyl (C=O) groups is 1. The fraction of sp³-hybridized carbons (Fsp3) is 0.345. The highest BCUT2D eigenvalue weighted by Crippen LogP contribution is 2.44. The SMILES string of the molecule is COc1ccccc1CN1CCN(CCSC2c3ccccc3COc3ccc(C(=O)O)cc32)CC1. The summed E-state index contributed by atoms with van der Waals surface area (Å²) in [6.45, 7) is 6.57. The Morgan fingerprint density at radius 1 is 1.00 bits per heavy atom. The molecule has 1 atom stereocenters. The van der Waals surface area contributed by atoms with E-state index in [1.54, 1.807) is 25.3 Å². The van der Waals surface area contributed by atoms with E-state index in [0.717, 1.165) is 67.6 Å². The van der Waals surface area contributed by atoms with E-state index in [1.807, 2.05) is 30.0 Å². The van der Waals surface area contributed by atoms with Gasteiger partial charge in [0.15, 0.2) is 0 Å². The molecule has 1 fully saturated rings. The molecule has 1 unspecified atom stereocenters. The summed E-state index contributed by atoms with van der Waals surface area (Å²) in [4.78, 5) is 16.7. The molecule has 2 aliphatic heterocycles. The molecule has 36 heavy (non-hydrogen) atoms. The highest BCUT2D eigenvalue weighted by molar-refractivity contribution is 7.99. The first-order valence-electron chi connectivity index (χ1n) is 12.4. The maximum atomic E-state index is 11.7. The monoisotopic (exact) mass is 504 g/mol. The molecule has 0 aliphatic carbocycles. The van der Waals surface area contributed by atoms with Gasteiger partial charge in [0.1, 0.15) is 18.1 Å². The fourth-order valence-electron chi connectivity index (χ4n) is 4.99. The van der Waals surface area contributed by atoms with Crippen molar-refractivity contribution in [2.45, 2.75) is 18.4 Å². The van der Waals surface area contributed by atoms with E-state index >= 15 is 0 Å². The predicted molar refractivity (Wildman–Crippen MR) is 143 cm³/mol. The summed E-state index contributed by atoms with van der Waals surface area (Å²) in [5.41, 5.74) is 4.86. The number of benzene rings is 3. The Bertz CT molecular complexity index is 1210. The van der Waals surface area contributed by atoms with Crippen LogP contribution in [0.1, 0.15) is 37.9 Å². The van der Waals surface area contributed by atoms with Gasteiger partial charge in [-0.3, -0.25) is 9.80 Å². The maximum Gasteiger partial charge on any atom is 0.335 e. The van der Waals surface area contributed by atoms with Gasteiger partial charge < -0.3 is 14.6 Å². The van der Waals surface area contributed by atoms with Gasteiger partial charge in [0.05, 0.1) is 17.9 Å². The first-order valence-corrected chi connectivity index (χ1v) is 13.4. The Hall–Kier alpha value is -3.00. The number of methoxy groups -OCH3 is 1. The number of ether oxygens (including phenoxy) is 2. The topological polar surface area (TPSA) is 62.2 Å². The Labute approximate surface area is 216 Å². The molecule has 5 rings (SSSR count). The van der Waals surface area contributed by atoms with Crippen LogP contribution in [0.15, 0.2) is 66.7 Å². The van der Waals surface area contributed by atoms with Crippen LogP contribution in [0.5, 0.6) is 11.5 Å². The zero-order valence-corrected chi connectivity index (χ0v) is 21.4. The largest absolute Gasteiger partial charge is 0.496 e. The van der Waals surface area contributed by atoms with Gasteiger partial charge in [0.2, 0.25) is 0 Å². The summed E-state index contributed by atoms with van der Waals surface area (Å²) in [7, 11) is 1.73. The van der Waals surface area contributed by atoms with Crippen molar-refractivity contribution >= 4 is 17.7 Å². The van der Waals surface area contributed by atoms with Crippen LogP contribution in [0.25, 0.3) is 0 Å². The van der Waals surface area contributed by atoms with Crippen molar-refractivity contribution in [1.82, 2.24) is 9.80 Å². The van der Waals surface area contributed by atoms with Crippen molar-refractivity contribution in [3.05, 3.63) is 94.5 Å². The van der Waals surface area contributed by atoms with E-state index in [4.69, 9.17) is 9.47 Å². The summed E-state index contributed by atoms with van der Waals surface area (Å²) in [5.74, 6) is 1.78. The lowest BCUT2D eigenvalue weighted by Gasteiger charge is -2.35. The first-order chi connectivity index (χ1) is 17.6. The molecule has 0 aromatic heterocycles. The van der Waals surface area contributed by atoms with Crippen LogP contribution in [-0.2, 0) is 13.2 Å². The number of carboxylic acids is 1. The second-order valence-electron chi connectivity index (χ2n) is 9.23. The molecule has 6 nitrogen and oxygen atoms in total. The van der Waals surface area contributed by atoms with Crippen molar-refractivity contribution in [2.75, 3.05) is 45.6 Å². The smallest absolute Gasteiger partial charge is 0.335 e. The normalized spacial score (nSPS) is 18.0. The average molecular weight is 505 g/mol. The Balaban J connectivity index is 1.22. The standard InChI is InChI=1S/C29H32N2O4S/c1-34-26-9-5-3-6-22(26)19-31-14-12-30(13-15-31)16-17-36-28-24-8-4-2-7-23(24)20-35-27-11-10-21(29(32)33)18-25(27)28/h2-11,18,28H,12-17,19-20H2,1H3,(H,32,33). The van der Waals surface area contributed by atoms with Gasteiger partial charge in [-0.2, -0.15) is 0 Å². The molecule has 0 amide bonds. The van der Waals surface area contributed by atoms with Crippen LogP contribution in [0.4, 0.5) is 0 Å². The summed E-state index contributed by atoms with van der Waals surface area (Å²) in [6.07, 6.45) is 0. The number of piperazine rings is 1. The van der Waals surface area contributed by atoms with Crippen molar-refractivity contribution in [2.24, 2.45) is 0 Å². The van der Waals surface area contributed by atoms with E-state index in [1.165, 1.54) is 11.1 Å². The molecular formula is C29H32N2O4S. The third-order valence-corrected chi connectivity index (χ3v) is 8.26. The maximum absolute atomic E-state index is 11.7. The lowest BCUT2D eigenvalue weighted by molar-refractivity contribution is 0.0696. The highest BCUT2D eigenvalue weighted by Gasteiger charge is 2.27. The number of hydrogen-bond acceptors (Lipinski definition) is 6. The van der Waals surface area contributed by atoms with Gasteiger partial charge in [-0.05, 0) is 35.4 Å². The van der Waals surface area contributed by atoms with Gasteiger partial charge in [-0.25, -0.2) is 4.79 Å². The van der Waals surface area contributed by atoms with Gasteiger partial charge in [-0.15, -0.1) is 11.8 Å². The van der Waals surface area contributed by atoms with Crippen LogP contribution in [0.3, 0.4) is 0 Å². The minimum atomic E-state index is -0.912. The predicted octanol–water partition coefficient (Wildman–Crippen LogP) is 4.93. The number of nitrogens with zero attached hydrogens (tertiary/aromatic N) is 2. The minimum Gasteiger partial charge on any atom is -0.496 e. The third kappa shape index (κ3) is 5.53. The van der Waals surface area contributed by atoms with Gasteiger partial charge in [-0.1, -0.05) is 42.5 Å². The molecule has 0 saturated carbocycles. The minimum absolute atomic E-state index is 0.0461. The Morgan fingerprint density at radius 3 is 2.56 bits per heavy atom. The van der Waals surface area contributed by atoms with E-state index in [9.17, 15) is 9.90 Å². The highest BCUT2D eigenvalue weighted by atomic mass is 32.2. The zero-order valence-electron chi connectivity index (χ0n) is 20.6. The molecule has 0 bridgehead atoms. The van der Waals surface area contributed by atoms with E-state index < -0.39 is 5.97 Å².